The summed E-state index contributed by atoms with van der Waals surface area (Å²) in [6.07, 6.45) is 1.55. The monoisotopic (exact) mass is 437 g/mol. The second kappa shape index (κ2) is 8.71. The van der Waals surface area contributed by atoms with Crippen LogP contribution in [0.1, 0.15) is 35.0 Å². The molecule has 9 heteroatoms. The molecule has 0 amide bonds. The lowest BCUT2D eigenvalue weighted by atomic mass is 9.92. The number of nitrogens with zero attached hydrogens (tertiary/aromatic N) is 5. The lowest BCUT2D eigenvalue weighted by Crippen LogP contribution is -2.31. The Morgan fingerprint density at radius 1 is 1.19 bits per heavy atom. The molecule has 3 atom stereocenters. The van der Waals surface area contributed by atoms with Gasteiger partial charge in [0.15, 0.2) is 0 Å². The van der Waals surface area contributed by atoms with Gasteiger partial charge in [0, 0.05) is 28.5 Å². The Labute approximate surface area is 181 Å². The zero-order chi connectivity index (χ0) is 22.0. The molecule has 0 fully saturated rings. The van der Waals surface area contributed by atoms with Gasteiger partial charge in [-0.05, 0) is 18.2 Å². The molecule has 0 bridgehead atoms. The second-order valence-electron chi connectivity index (χ2n) is 7.03. The molecule has 2 aromatic carbocycles. The van der Waals surface area contributed by atoms with Crippen LogP contribution in [0.4, 0.5) is 8.78 Å². The minimum atomic E-state index is -1.12. The quantitative estimate of drug-likeness (QED) is 0.486. The molecule has 6 nitrogen and oxygen atoms in total. The molecule has 1 N–H and O–H groups in total. The third-order valence-corrected chi connectivity index (χ3v) is 6.08. The third kappa shape index (κ3) is 4.21. The summed E-state index contributed by atoms with van der Waals surface area (Å²) in [6, 6.07) is 11.5. The molecule has 0 aliphatic heterocycles. The number of benzene rings is 2. The van der Waals surface area contributed by atoms with Crippen LogP contribution in [0.2, 0.25) is 0 Å². The van der Waals surface area contributed by atoms with Gasteiger partial charge in [0.1, 0.15) is 30.3 Å². The van der Waals surface area contributed by atoms with Crippen LogP contribution in [-0.2, 0) is 0 Å². The van der Waals surface area contributed by atoms with E-state index in [-0.39, 0.29) is 5.56 Å². The van der Waals surface area contributed by atoms with Crippen molar-refractivity contribution >= 4 is 11.3 Å². The normalized spacial score (nSPS) is 14.0. The largest absolute Gasteiger partial charge is 0.390 e. The number of aliphatic hydroxyl groups excluding tert-OH is 1. The van der Waals surface area contributed by atoms with Crippen molar-refractivity contribution in [1.82, 2.24) is 19.7 Å². The average Bonchev–Trinajstić information content (AvgIpc) is 3.47. The Kier molecular flexibility index (Phi) is 5.84. The van der Waals surface area contributed by atoms with E-state index in [0.717, 1.165) is 17.7 Å². The number of hydrogen-bond acceptors (Lipinski definition) is 6. The predicted octanol–water partition coefficient (Wildman–Crippen LogP) is 4.31. The van der Waals surface area contributed by atoms with Gasteiger partial charge in [0.2, 0.25) is 0 Å². The van der Waals surface area contributed by atoms with Gasteiger partial charge in [-0.1, -0.05) is 25.1 Å². The van der Waals surface area contributed by atoms with Crippen molar-refractivity contribution in [2.45, 2.75) is 25.0 Å². The highest BCUT2D eigenvalue weighted by atomic mass is 32.1. The number of aliphatic hydroxyl groups is 1. The first-order valence-corrected chi connectivity index (χ1v) is 10.3. The summed E-state index contributed by atoms with van der Waals surface area (Å²) < 4.78 is 29.3. The number of halogens is 2. The van der Waals surface area contributed by atoms with E-state index >= 15 is 0 Å². The maximum atomic E-state index is 14.6. The molecule has 31 heavy (non-hydrogen) atoms. The molecule has 2 heterocycles. The van der Waals surface area contributed by atoms with Crippen LogP contribution in [0.3, 0.4) is 0 Å². The topological polar surface area (TPSA) is 87.6 Å². The smallest absolute Gasteiger partial charge is 0.137 e. The maximum absolute atomic E-state index is 14.6. The van der Waals surface area contributed by atoms with Crippen molar-refractivity contribution in [3.63, 3.8) is 0 Å². The summed E-state index contributed by atoms with van der Waals surface area (Å²) in [5.74, 6) is -1.97. The highest BCUT2D eigenvalue weighted by Gasteiger charge is 2.33. The minimum absolute atomic E-state index is 0.102. The SMILES string of the molecule is CC(c1nc(-c2cccc(C#N)c2)cs1)C(O)C(c1ccc(F)cc1F)n1cncn1. The molecule has 2 aromatic heterocycles. The van der Waals surface area contributed by atoms with Gasteiger partial charge in [0.25, 0.3) is 0 Å². The fourth-order valence-corrected chi connectivity index (χ4v) is 4.31. The molecule has 4 aromatic rings. The lowest BCUT2D eigenvalue weighted by Gasteiger charge is -2.27. The molecule has 0 aliphatic rings. The van der Waals surface area contributed by atoms with Crippen LogP contribution in [0.25, 0.3) is 11.3 Å². The number of nitriles is 1. The van der Waals surface area contributed by atoms with Crippen LogP contribution < -0.4 is 0 Å². The zero-order valence-corrected chi connectivity index (χ0v) is 17.2. The number of hydrogen-bond donors (Lipinski definition) is 1. The van der Waals surface area contributed by atoms with E-state index in [2.05, 4.69) is 21.1 Å². The summed E-state index contributed by atoms with van der Waals surface area (Å²) in [4.78, 5) is 8.52. The summed E-state index contributed by atoms with van der Waals surface area (Å²) in [5.41, 5.74) is 2.10. The summed E-state index contributed by atoms with van der Waals surface area (Å²) in [7, 11) is 0. The van der Waals surface area contributed by atoms with Gasteiger partial charge >= 0.3 is 0 Å². The highest BCUT2D eigenvalue weighted by Crippen LogP contribution is 2.35. The molecule has 0 saturated carbocycles. The fourth-order valence-electron chi connectivity index (χ4n) is 3.38. The molecule has 0 radical (unpaired) electrons. The van der Waals surface area contributed by atoms with E-state index in [1.807, 2.05) is 11.4 Å². The molecule has 0 aliphatic carbocycles. The van der Waals surface area contributed by atoms with Crippen LogP contribution in [0.15, 0.2) is 60.5 Å². The molecule has 156 valence electrons. The second-order valence-corrected chi connectivity index (χ2v) is 7.92. The van der Waals surface area contributed by atoms with Crippen molar-refractivity contribution in [2.24, 2.45) is 0 Å². The van der Waals surface area contributed by atoms with Gasteiger partial charge in [0.05, 0.1) is 28.4 Å². The van der Waals surface area contributed by atoms with Crippen molar-refractivity contribution in [2.75, 3.05) is 0 Å². The highest BCUT2D eigenvalue weighted by molar-refractivity contribution is 7.10. The predicted molar refractivity (Wildman–Crippen MR) is 111 cm³/mol. The Morgan fingerprint density at radius 3 is 2.74 bits per heavy atom. The molecule has 0 saturated heterocycles. The van der Waals surface area contributed by atoms with Crippen LogP contribution >= 0.6 is 11.3 Å². The fraction of sp³-hybridized carbons (Fsp3) is 0.182. The van der Waals surface area contributed by atoms with Crippen molar-refractivity contribution in [3.8, 4) is 17.3 Å². The number of rotatable bonds is 6. The Bertz CT molecular complexity index is 1230. The van der Waals surface area contributed by atoms with Gasteiger partial charge in [-0.25, -0.2) is 23.4 Å². The molecular formula is C22H17F2N5OS. The van der Waals surface area contributed by atoms with Gasteiger partial charge < -0.3 is 5.11 Å². The molecular weight excluding hydrogens is 420 g/mol. The van der Waals surface area contributed by atoms with Crippen molar-refractivity contribution in [1.29, 1.82) is 5.26 Å². The minimum Gasteiger partial charge on any atom is -0.390 e. The first kappa shape index (κ1) is 20.8. The third-order valence-electron chi connectivity index (χ3n) is 5.04. The number of aromatic nitrogens is 4. The first-order valence-electron chi connectivity index (χ1n) is 9.41. The zero-order valence-electron chi connectivity index (χ0n) is 16.4. The van der Waals surface area contributed by atoms with Gasteiger partial charge in [-0.3, -0.25) is 0 Å². The number of thiazole rings is 1. The van der Waals surface area contributed by atoms with E-state index in [9.17, 15) is 13.9 Å². The lowest BCUT2D eigenvalue weighted by molar-refractivity contribution is 0.0996. The van der Waals surface area contributed by atoms with E-state index in [4.69, 9.17) is 5.26 Å². The van der Waals surface area contributed by atoms with Crippen molar-refractivity contribution in [3.05, 3.63) is 88.3 Å². The van der Waals surface area contributed by atoms with Crippen molar-refractivity contribution < 1.29 is 13.9 Å². The first-order chi connectivity index (χ1) is 15.0. The maximum Gasteiger partial charge on any atom is 0.137 e. The summed E-state index contributed by atoms with van der Waals surface area (Å²) >= 11 is 1.36. The van der Waals surface area contributed by atoms with E-state index in [0.29, 0.717) is 16.3 Å². The summed E-state index contributed by atoms with van der Waals surface area (Å²) in [6.45, 7) is 1.78. The van der Waals surface area contributed by atoms with Crippen LogP contribution in [0.5, 0.6) is 0 Å². The molecule has 4 rings (SSSR count). The van der Waals surface area contributed by atoms with Crippen LogP contribution in [-0.4, -0.2) is 31.0 Å². The average molecular weight is 437 g/mol. The summed E-state index contributed by atoms with van der Waals surface area (Å²) in [5, 5.41) is 26.8. The standard InChI is InChI=1S/C22H17F2N5OS/c1-13(22-28-19(10-31-22)15-4-2-3-14(7-15)9-25)21(30)20(29-12-26-11-27-29)17-6-5-16(23)8-18(17)24/h2-8,10-13,20-21,30H,1H3. The van der Waals surface area contributed by atoms with E-state index in [1.54, 1.807) is 25.1 Å². The Balaban J connectivity index is 1.67. The van der Waals surface area contributed by atoms with Gasteiger partial charge in [-0.2, -0.15) is 10.4 Å². The Hall–Kier alpha value is -3.48. The molecule has 3 unspecified atom stereocenters. The van der Waals surface area contributed by atoms with E-state index in [1.165, 1.54) is 34.7 Å². The van der Waals surface area contributed by atoms with E-state index < -0.39 is 29.7 Å². The van der Waals surface area contributed by atoms with Gasteiger partial charge in [-0.15, -0.1) is 11.3 Å². The van der Waals surface area contributed by atoms with Crippen LogP contribution in [0, 0.1) is 23.0 Å². The Morgan fingerprint density at radius 2 is 2.03 bits per heavy atom. The molecule has 0 spiro atoms.